The molecule has 1 aliphatic heterocycles. The molecule has 0 spiro atoms. The summed E-state index contributed by atoms with van der Waals surface area (Å²) < 4.78 is 15.7. The van der Waals surface area contributed by atoms with Crippen LogP contribution in [-0.2, 0) is 4.79 Å². The highest BCUT2D eigenvalue weighted by molar-refractivity contribution is 5.95. The molecule has 0 saturated carbocycles. The van der Waals surface area contributed by atoms with Gasteiger partial charge in [-0.2, -0.15) is 0 Å². The minimum Gasteiger partial charge on any atom is -0.497 e. The number of nitrogens with zero attached hydrogens (tertiary/aromatic N) is 2. The lowest BCUT2D eigenvalue weighted by atomic mass is 10.1. The van der Waals surface area contributed by atoms with Gasteiger partial charge in [-0.05, 0) is 48.4 Å². The zero-order valence-corrected chi connectivity index (χ0v) is 18.2. The van der Waals surface area contributed by atoms with Crippen molar-refractivity contribution < 1.29 is 23.8 Å². The van der Waals surface area contributed by atoms with E-state index in [1.807, 2.05) is 24.3 Å². The van der Waals surface area contributed by atoms with E-state index >= 15 is 0 Å². The molecule has 7 nitrogen and oxygen atoms in total. The summed E-state index contributed by atoms with van der Waals surface area (Å²) in [5.74, 6) is 1.73. The molecule has 3 rings (SSSR count). The Balaban J connectivity index is 1.61. The average Bonchev–Trinajstić information content (AvgIpc) is 3.08. The second-order valence-corrected chi connectivity index (χ2v) is 7.15. The number of methoxy groups -OCH3 is 3. The predicted octanol–water partition coefficient (Wildman–Crippen LogP) is 3.10. The molecule has 0 unspecified atom stereocenters. The fraction of sp³-hybridized carbons (Fsp3) is 0.333. The van der Waals surface area contributed by atoms with Crippen LogP contribution in [0, 0.1) is 0 Å². The first kappa shape index (κ1) is 22.2. The Morgan fingerprint density at radius 1 is 0.806 bits per heavy atom. The summed E-state index contributed by atoms with van der Waals surface area (Å²) in [4.78, 5) is 29.1. The standard InChI is InChI=1S/C24H28N2O5/c1-29-20-9-5-18(6-10-20)7-12-23(27)25-13-4-14-26(16-15-25)24(28)19-8-11-21(30-2)22(17-19)31-3/h5-12,17H,4,13-16H2,1-3H3/b12-7+. The summed E-state index contributed by atoms with van der Waals surface area (Å²) in [7, 11) is 4.72. The number of carbonyl (C=O) groups is 2. The molecule has 0 radical (unpaired) electrons. The van der Waals surface area contributed by atoms with Crippen LogP contribution in [0.15, 0.2) is 48.5 Å². The van der Waals surface area contributed by atoms with E-state index in [2.05, 4.69) is 0 Å². The number of ether oxygens (including phenoxy) is 3. The highest BCUT2D eigenvalue weighted by atomic mass is 16.5. The number of hydrogen-bond donors (Lipinski definition) is 0. The van der Waals surface area contributed by atoms with Crippen molar-refractivity contribution in [3.8, 4) is 17.2 Å². The normalized spacial score (nSPS) is 14.3. The Labute approximate surface area is 182 Å². The zero-order valence-electron chi connectivity index (χ0n) is 18.2. The molecule has 31 heavy (non-hydrogen) atoms. The third kappa shape index (κ3) is 5.57. The maximum absolute atomic E-state index is 13.0. The molecule has 0 aliphatic carbocycles. The lowest BCUT2D eigenvalue weighted by Gasteiger charge is -2.22. The summed E-state index contributed by atoms with van der Waals surface area (Å²) in [5.41, 5.74) is 1.46. The van der Waals surface area contributed by atoms with Gasteiger partial charge in [0.2, 0.25) is 5.91 Å². The molecule has 1 aliphatic rings. The second kappa shape index (κ2) is 10.5. The van der Waals surface area contributed by atoms with Gasteiger partial charge in [0.25, 0.3) is 5.91 Å². The molecule has 1 heterocycles. The van der Waals surface area contributed by atoms with Gasteiger partial charge >= 0.3 is 0 Å². The van der Waals surface area contributed by atoms with Crippen LogP contribution in [0.2, 0.25) is 0 Å². The molecule has 2 amide bonds. The van der Waals surface area contributed by atoms with Crippen molar-refractivity contribution in [2.24, 2.45) is 0 Å². The Hall–Kier alpha value is -3.48. The van der Waals surface area contributed by atoms with Crippen LogP contribution in [0.5, 0.6) is 17.2 Å². The smallest absolute Gasteiger partial charge is 0.254 e. The van der Waals surface area contributed by atoms with Gasteiger partial charge in [-0.3, -0.25) is 9.59 Å². The Bertz CT molecular complexity index is 939. The minimum atomic E-state index is -0.0796. The largest absolute Gasteiger partial charge is 0.497 e. The van der Waals surface area contributed by atoms with Gasteiger partial charge in [-0.15, -0.1) is 0 Å². The van der Waals surface area contributed by atoms with Crippen LogP contribution in [0.1, 0.15) is 22.3 Å². The molecular weight excluding hydrogens is 396 g/mol. The fourth-order valence-corrected chi connectivity index (χ4v) is 3.48. The first-order chi connectivity index (χ1) is 15.0. The average molecular weight is 424 g/mol. The fourth-order valence-electron chi connectivity index (χ4n) is 3.48. The van der Waals surface area contributed by atoms with E-state index in [1.54, 1.807) is 61.5 Å². The molecule has 1 fully saturated rings. The van der Waals surface area contributed by atoms with Crippen molar-refractivity contribution in [1.82, 2.24) is 9.80 Å². The van der Waals surface area contributed by atoms with Crippen LogP contribution < -0.4 is 14.2 Å². The third-order valence-electron chi connectivity index (χ3n) is 5.26. The topological polar surface area (TPSA) is 68.3 Å². The third-order valence-corrected chi connectivity index (χ3v) is 5.26. The number of hydrogen-bond acceptors (Lipinski definition) is 5. The van der Waals surface area contributed by atoms with Crippen LogP contribution in [0.3, 0.4) is 0 Å². The van der Waals surface area contributed by atoms with E-state index in [9.17, 15) is 9.59 Å². The van der Waals surface area contributed by atoms with E-state index in [1.165, 1.54) is 0 Å². The molecule has 0 atom stereocenters. The lowest BCUT2D eigenvalue weighted by Crippen LogP contribution is -2.36. The summed E-state index contributed by atoms with van der Waals surface area (Å²) in [6.07, 6.45) is 4.09. The number of rotatable bonds is 6. The molecule has 0 aromatic heterocycles. The van der Waals surface area contributed by atoms with Gasteiger partial charge in [0.1, 0.15) is 5.75 Å². The second-order valence-electron chi connectivity index (χ2n) is 7.15. The molecule has 0 N–H and O–H groups in total. The molecule has 2 aromatic carbocycles. The van der Waals surface area contributed by atoms with E-state index in [0.717, 1.165) is 17.7 Å². The number of carbonyl (C=O) groups excluding carboxylic acids is 2. The van der Waals surface area contributed by atoms with E-state index in [0.29, 0.717) is 43.2 Å². The van der Waals surface area contributed by atoms with Gasteiger partial charge < -0.3 is 24.0 Å². The van der Waals surface area contributed by atoms with Crippen LogP contribution in [0.4, 0.5) is 0 Å². The van der Waals surface area contributed by atoms with Gasteiger partial charge in [-0.25, -0.2) is 0 Å². The lowest BCUT2D eigenvalue weighted by molar-refractivity contribution is -0.125. The van der Waals surface area contributed by atoms with Crippen molar-refractivity contribution in [2.45, 2.75) is 6.42 Å². The van der Waals surface area contributed by atoms with E-state index in [-0.39, 0.29) is 11.8 Å². The predicted molar refractivity (Wildman–Crippen MR) is 119 cm³/mol. The summed E-state index contributed by atoms with van der Waals surface area (Å²) >= 11 is 0. The molecule has 2 aromatic rings. The SMILES string of the molecule is COc1ccc(/C=C/C(=O)N2CCCN(C(=O)c3ccc(OC)c(OC)c3)CC2)cc1. The van der Waals surface area contributed by atoms with Gasteiger partial charge in [0.05, 0.1) is 21.3 Å². The quantitative estimate of drug-likeness (QED) is 0.667. The van der Waals surface area contributed by atoms with Crippen LogP contribution >= 0.6 is 0 Å². The van der Waals surface area contributed by atoms with Gasteiger partial charge in [0, 0.05) is 37.8 Å². The first-order valence-corrected chi connectivity index (χ1v) is 10.2. The molecular formula is C24H28N2O5. The minimum absolute atomic E-state index is 0.0590. The molecule has 0 bridgehead atoms. The maximum atomic E-state index is 13.0. The van der Waals surface area contributed by atoms with Crippen molar-refractivity contribution in [1.29, 1.82) is 0 Å². The summed E-state index contributed by atoms with van der Waals surface area (Å²) in [6.45, 7) is 2.18. The van der Waals surface area contributed by atoms with Crippen molar-refractivity contribution in [3.05, 3.63) is 59.7 Å². The Morgan fingerprint density at radius 2 is 1.48 bits per heavy atom. The van der Waals surface area contributed by atoms with Gasteiger partial charge in [-0.1, -0.05) is 12.1 Å². The Kier molecular flexibility index (Phi) is 7.54. The van der Waals surface area contributed by atoms with E-state index < -0.39 is 0 Å². The van der Waals surface area contributed by atoms with Crippen LogP contribution in [-0.4, -0.2) is 69.1 Å². The van der Waals surface area contributed by atoms with Crippen molar-refractivity contribution in [3.63, 3.8) is 0 Å². The monoisotopic (exact) mass is 424 g/mol. The Morgan fingerprint density at radius 3 is 2.16 bits per heavy atom. The summed E-state index contributed by atoms with van der Waals surface area (Å²) in [6, 6.07) is 12.6. The molecule has 7 heteroatoms. The summed E-state index contributed by atoms with van der Waals surface area (Å²) in [5, 5.41) is 0. The van der Waals surface area contributed by atoms with Crippen molar-refractivity contribution in [2.75, 3.05) is 47.5 Å². The number of amides is 2. The molecule has 1 saturated heterocycles. The number of benzene rings is 2. The maximum Gasteiger partial charge on any atom is 0.254 e. The van der Waals surface area contributed by atoms with Gasteiger partial charge in [0.15, 0.2) is 11.5 Å². The zero-order chi connectivity index (χ0) is 22.2. The molecule has 164 valence electrons. The first-order valence-electron chi connectivity index (χ1n) is 10.2. The van der Waals surface area contributed by atoms with Crippen LogP contribution in [0.25, 0.3) is 6.08 Å². The highest BCUT2D eigenvalue weighted by Gasteiger charge is 2.22. The highest BCUT2D eigenvalue weighted by Crippen LogP contribution is 2.28. The van der Waals surface area contributed by atoms with Crippen molar-refractivity contribution >= 4 is 17.9 Å². The van der Waals surface area contributed by atoms with E-state index in [4.69, 9.17) is 14.2 Å².